The molecular weight excluding hydrogens is 374 g/mol. The SMILES string of the molecule is C=CCN1CCN(C(=O)CC(C)C)C[C@@H](Cc2ccc(-c3ccncc3)cc2)C1=O. The van der Waals surface area contributed by atoms with Gasteiger partial charge in [0.25, 0.3) is 0 Å². The van der Waals surface area contributed by atoms with E-state index in [1.165, 1.54) is 0 Å². The number of aromatic nitrogens is 1. The molecule has 158 valence electrons. The molecule has 2 heterocycles. The maximum Gasteiger partial charge on any atom is 0.228 e. The molecule has 0 saturated carbocycles. The van der Waals surface area contributed by atoms with Crippen LogP contribution in [0.25, 0.3) is 11.1 Å². The third-order valence-corrected chi connectivity index (χ3v) is 5.48. The van der Waals surface area contributed by atoms with E-state index in [2.05, 4.69) is 35.8 Å². The lowest BCUT2D eigenvalue weighted by Crippen LogP contribution is -2.38. The van der Waals surface area contributed by atoms with Gasteiger partial charge in [-0.15, -0.1) is 6.58 Å². The summed E-state index contributed by atoms with van der Waals surface area (Å²) < 4.78 is 0. The van der Waals surface area contributed by atoms with Gasteiger partial charge in [-0.25, -0.2) is 0 Å². The minimum absolute atomic E-state index is 0.105. The molecule has 5 nitrogen and oxygen atoms in total. The molecule has 1 atom stereocenters. The van der Waals surface area contributed by atoms with Crippen LogP contribution in [-0.4, -0.2) is 52.8 Å². The lowest BCUT2D eigenvalue weighted by molar-refractivity contribution is -0.134. The lowest BCUT2D eigenvalue weighted by Gasteiger charge is -2.24. The number of carbonyl (C=O) groups excluding carboxylic acids is 2. The van der Waals surface area contributed by atoms with Crippen LogP contribution in [0.4, 0.5) is 0 Å². The van der Waals surface area contributed by atoms with E-state index in [0.29, 0.717) is 44.9 Å². The summed E-state index contributed by atoms with van der Waals surface area (Å²) >= 11 is 0. The zero-order valence-electron chi connectivity index (χ0n) is 18.0. The Balaban J connectivity index is 1.77. The minimum Gasteiger partial charge on any atom is -0.340 e. The third-order valence-electron chi connectivity index (χ3n) is 5.48. The van der Waals surface area contributed by atoms with Crippen LogP contribution in [0.3, 0.4) is 0 Å². The highest BCUT2D eigenvalue weighted by molar-refractivity contribution is 5.82. The molecule has 0 unspecified atom stereocenters. The Hall–Kier alpha value is -2.95. The Kier molecular flexibility index (Phi) is 7.39. The van der Waals surface area contributed by atoms with Crippen molar-refractivity contribution in [2.24, 2.45) is 11.8 Å². The summed E-state index contributed by atoms with van der Waals surface area (Å²) in [6, 6.07) is 12.3. The lowest BCUT2D eigenvalue weighted by atomic mass is 9.95. The van der Waals surface area contributed by atoms with Crippen LogP contribution in [0.15, 0.2) is 61.4 Å². The quantitative estimate of drug-likeness (QED) is 0.658. The van der Waals surface area contributed by atoms with Crippen molar-refractivity contribution in [2.75, 3.05) is 26.2 Å². The number of nitrogens with zero attached hydrogens (tertiary/aromatic N) is 3. The Morgan fingerprint density at radius 3 is 2.43 bits per heavy atom. The minimum atomic E-state index is -0.240. The smallest absolute Gasteiger partial charge is 0.228 e. The number of pyridine rings is 1. The first-order valence-electron chi connectivity index (χ1n) is 10.6. The molecule has 0 bridgehead atoms. The fourth-order valence-corrected chi connectivity index (χ4v) is 3.90. The van der Waals surface area contributed by atoms with E-state index in [-0.39, 0.29) is 17.7 Å². The van der Waals surface area contributed by atoms with Gasteiger partial charge in [-0.3, -0.25) is 14.6 Å². The molecular formula is C25H31N3O2. The van der Waals surface area contributed by atoms with Crippen molar-refractivity contribution >= 4 is 11.8 Å². The van der Waals surface area contributed by atoms with Crippen LogP contribution in [0, 0.1) is 11.8 Å². The van der Waals surface area contributed by atoms with Gasteiger partial charge in [-0.1, -0.05) is 44.2 Å². The predicted octanol–water partition coefficient (Wildman–Crippen LogP) is 3.81. The molecule has 5 heteroatoms. The van der Waals surface area contributed by atoms with Gasteiger partial charge in [0.05, 0.1) is 5.92 Å². The van der Waals surface area contributed by atoms with E-state index < -0.39 is 0 Å². The zero-order chi connectivity index (χ0) is 21.5. The van der Waals surface area contributed by atoms with Gasteiger partial charge in [-0.2, -0.15) is 0 Å². The maximum absolute atomic E-state index is 13.2. The number of benzene rings is 1. The molecule has 0 N–H and O–H groups in total. The zero-order valence-corrected chi connectivity index (χ0v) is 18.0. The molecule has 1 aliphatic rings. The number of hydrogen-bond donors (Lipinski definition) is 0. The van der Waals surface area contributed by atoms with E-state index >= 15 is 0 Å². The first-order valence-corrected chi connectivity index (χ1v) is 10.6. The fraction of sp³-hybridized carbons (Fsp3) is 0.400. The van der Waals surface area contributed by atoms with Gasteiger partial charge >= 0.3 is 0 Å². The number of hydrogen-bond acceptors (Lipinski definition) is 3. The molecule has 2 aromatic rings. The Labute approximate surface area is 179 Å². The standard InChI is InChI=1S/C25H31N3O2/c1-4-13-27-14-15-28(24(29)16-19(2)3)18-23(25(27)30)17-20-5-7-21(8-6-20)22-9-11-26-12-10-22/h4-12,19,23H,1,13-18H2,2-3H3/t23-/m1/s1. The number of carbonyl (C=O) groups is 2. The van der Waals surface area contributed by atoms with Crippen LogP contribution >= 0.6 is 0 Å². The molecule has 3 rings (SSSR count). The van der Waals surface area contributed by atoms with Crippen molar-refractivity contribution in [1.29, 1.82) is 0 Å². The average molecular weight is 406 g/mol. The van der Waals surface area contributed by atoms with E-state index in [9.17, 15) is 9.59 Å². The van der Waals surface area contributed by atoms with Crippen molar-refractivity contribution in [3.05, 3.63) is 67.0 Å². The van der Waals surface area contributed by atoms with Gasteiger partial charge < -0.3 is 9.80 Å². The van der Waals surface area contributed by atoms with Crippen molar-refractivity contribution < 1.29 is 9.59 Å². The molecule has 1 aromatic heterocycles. The van der Waals surface area contributed by atoms with Gasteiger partial charge in [0, 0.05) is 45.0 Å². The maximum atomic E-state index is 13.2. The van der Waals surface area contributed by atoms with E-state index in [4.69, 9.17) is 0 Å². The normalized spacial score (nSPS) is 17.2. The first-order chi connectivity index (χ1) is 14.5. The molecule has 0 radical (unpaired) electrons. The highest BCUT2D eigenvalue weighted by Crippen LogP contribution is 2.22. The summed E-state index contributed by atoms with van der Waals surface area (Å²) in [6.45, 7) is 10.0. The highest BCUT2D eigenvalue weighted by Gasteiger charge is 2.31. The second-order valence-electron chi connectivity index (χ2n) is 8.34. The van der Waals surface area contributed by atoms with Gasteiger partial charge in [-0.05, 0) is 41.2 Å². The van der Waals surface area contributed by atoms with E-state index in [0.717, 1.165) is 16.7 Å². The van der Waals surface area contributed by atoms with Gasteiger partial charge in [0.2, 0.25) is 11.8 Å². The molecule has 0 aliphatic carbocycles. The molecule has 1 aliphatic heterocycles. The highest BCUT2D eigenvalue weighted by atomic mass is 16.2. The summed E-state index contributed by atoms with van der Waals surface area (Å²) in [5, 5.41) is 0. The van der Waals surface area contributed by atoms with Crippen molar-refractivity contribution in [1.82, 2.24) is 14.8 Å². The Morgan fingerprint density at radius 1 is 1.13 bits per heavy atom. The summed E-state index contributed by atoms with van der Waals surface area (Å²) in [6.07, 6.45) is 6.45. The van der Waals surface area contributed by atoms with Crippen molar-refractivity contribution in [3.8, 4) is 11.1 Å². The molecule has 0 spiro atoms. The summed E-state index contributed by atoms with van der Waals surface area (Å²) in [7, 11) is 0. The van der Waals surface area contributed by atoms with Crippen LogP contribution < -0.4 is 0 Å². The Bertz CT molecular complexity index is 862. The summed E-state index contributed by atoms with van der Waals surface area (Å²) in [5.74, 6) is 0.305. The second kappa shape index (κ2) is 10.2. The Morgan fingerprint density at radius 2 is 1.80 bits per heavy atom. The molecule has 30 heavy (non-hydrogen) atoms. The summed E-state index contributed by atoms with van der Waals surface area (Å²) in [5.41, 5.74) is 3.34. The van der Waals surface area contributed by atoms with Gasteiger partial charge in [0.15, 0.2) is 0 Å². The fourth-order valence-electron chi connectivity index (χ4n) is 3.90. The van der Waals surface area contributed by atoms with Crippen LogP contribution in [-0.2, 0) is 16.0 Å². The second-order valence-corrected chi connectivity index (χ2v) is 8.34. The molecule has 2 amide bonds. The van der Waals surface area contributed by atoms with Crippen LogP contribution in [0.5, 0.6) is 0 Å². The number of amides is 2. The average Bonchev–Trinajstić information content (AvgIpc) is 2.89. The first kappa shape index (κ1) is 21.8. The van der Waals surface area contributed by atoms with Crippen LogP contribution in [0.2, 0.25) is 0 Å². The third kappa shape index (κ3) is 5.56. The summed E-state index contributed by atoms with van der Waals surface area (Å²) in [4.78, 5) is 33.6. The van der Waals surface area contributed by atoms with E-state index in [1.54, 1.807) is 18.5 Å². The van der Waals surface area contributed by atoms with E-state index in [1.807, 2.05) is 35.8 Å². The largest absolute Gasteiger partial charge is 0.340 e. The number of rotatable bonds is 7. The van der Waals surface area contributed by atoms with Crippen molar-refractivity contribution in [2.45, 2.75) is 26.7 Å². The van der Waals surface area contributed by atoms with Crippen LogP contribution in [0.1, 0.15) is 25.8 Å². The molecule has 1 fully saturated rings. The molecule has 1 saturated heterocycles. The topological polar surface area (TPSA) is 53.5 Å². The van der Waals surface area contributed by atoms with Crippen molar-refractivity contribution in [3.63, 3.8) is 0 Å². The molecule has 1 aromatic carbocycles. The van der Waals surface area contributed by atoms with Gasteiger partial charge in [0.1, 0.15) is 0 Å². The monoisotopic (exact) mass is 405 g/mol. The predicted molar refractivity (Wildman–Crippen MR) is 120 cm³/mol.